The van der Waals surface area contributed by atoms with E-state index < -0.39 is 18.9 Å². The van der Waals surface area contributed by atoms with Gasteiger partial charge in [0.05, 0.1) is 6.61 Å². The summed E-state index contributed by atoms with van der Waals surface area (Å²) in [4.78, 5) is 0. The maximum absolute atomic E-state index is 11.8. The molecule has 0 saturated carbocycles. The molecule has 120 valence electrons. The minimum Gasteiger partial charge on any atom is -0.491 e. The van der Waals surface area contributed by atoms with Crippen LogP contribution in [0.15, 0.2) is 24.3 Å². The SMILES string of the molecule is OC(CNCCOCC(F)(F)F)COc1cccc(Cl)c1. The minimum absolute atomic E-state index is 0.0523. The van der Waals surface area contributed by atoms with Crippen LogP contribution in [-0.4, -0.2) is 50.3 Å². The van der Waals surface area contributed by atoms with E-state index in [1.54, 1.807) is 24.3 Å². The molecule has 21 heavy (non-hydrogen) atoms. The van der Waals surface area contributed by atoms with Gasteiger partial charge < -0.3 is 19.9 Å². The van der Waals surface area contributed by atoms with E-state index >= 15 is 0 Å². The molecule has 0 saturated heterocycles. The monoisotopic (exact) mass is 327 g/mol. The molecule has 0 radical (unpaired) electrons. The number of ether oxygens (including phenoxy) is 2. The lowest BCUT2D eigenvalue weighted by Crippen LogP contribution is -2.33. The van der Waals surface area contributed by atoms with Crippen LogP contribution in [0.25, 0.3) is 0 Å². The zero-order valence-electron chi connectivity index (χ0n) is 11.2. The predicted octanol–water partition coefficient (Wildman–Crippen LogP) is 2.25. The fraction of sp³-hybridized carbons (Fsp3) is 0.538. The number of hydrogen-bond donors (Lipinski definition) is 2. The van der Waals surface area contributed by atoms with Crippen molar-refractivity contribution in [2.45, 2.75) is 12.3 Å². The Bertz CT molecular complexity index is 418. The van der Waals surface area contributed by atoms with Crippen molar-refractivity contribution in [2.24, 2.45) is 0 Å². The molecule has 0 aliphatic carbocycles. The third-order valence-corrected chi connectivity index (χ3v) is 2.54. The number of aliphatic hydroxyl groups excluding tert-OH is 1. The quantitative estimate of drug-likeness (QED) is 0.683. The number of alkyl halides is 3. The van der Waals surface area contributed by atoms with Crippen molar-refractivity contribution in [2.75, 3.05) is 32.9 Å². The Morgan fingerprint density at radius 1 is 1.33 bits per heavy atom. The number of rotatable bonds is 9. The van der Waals surface area contributed by atoms with Gasteiger partial charge in [0, 0.05) is 18.1 Å². The highest BCUT2D eigenvalue weighted by Gasteiger charge is 2.27. The van der Waals surface area contributed by atoms with E-state index in [4.69, 9.17) is 16.3 Å². The lowest BCUT2D eigenvalue weighted by molar-refractivity contribution is -0.173. The second-order valence-electron chi connectivity index (χ2n) is 4.29. The summed E-state index contributed by atoms with van der Waals surface area (Å²) in [6.45, 7) is -0.895. The Balaban J connectivity index is 2.05. The summed E-state index contributed by atoms with van der Waals surface area (Å²) in [7, 11) is 0. The van der Waals surface area contributed by atoms with Crippen molar-refractivity contribution in [1.82, 2.24) is 5.32 Å². The summed E-state index contributed by atoms with van der Waals surface area (Å²) >= 11 is 5.78. The van der Waals surface area contributed by atoms with Gasteiger partial charge in [0.1, 0.15) is 25.1 Å². The van der Waals surface area contributed by atoms with Crippen molar-refractivity contribution >= 4 is 11.6 Å². The van der Waals surface area contributed by atoms with Gasteiger partial charge in [-0.1, -0.05) is 17.7 Å². The van der Waals surface area contributed by atoms with Gasteiger partial charge in [-0.3, -0.25) is 0 Å². The Morgan fingerprint density at radius 3 is 2.76 bits per heavy atom. The van der Waals surface area contributed by atoms with Gasteiger partial charge >= 0.3 is 6.18 Å². The molecule has 1 atom stereocenters. The summed E-state index contributed by atoms with van der Waals surface area (Å²) < 4.78 is 45.0. The molecule has 8 heteroatoms. The Labute approximate surface area is 125 Å². The Kier molecular flexibility index (Phi) is 7.81. The smallest absolute Gasteiger partial charge is 0.411 e. The molecule has 0 amide bonds. The van der Waals surface area contributed by atoms with Crippen LogP contribution >= 0.6 is 11.6 Å². The summed E-state index contributed by atoms with van der Waals surface area (Å²) in [5, 5.41) is 12.9. The second kappa shape index (κ2) is 9.09. The lowest BCUT2D eigenvalue weighted by atomic mass is 10.3. The number of halogens is 4. The third kappa shape index (κ3) is 9.52. The molecule has 1 aromatic rings. The average Bonchev–Trinajstić information content (AvgIpc) is 2.39. The average molecular weight is 328 g/mol. The van der Waals surface area contributed by atoms with Gasteiger partial charge in [-0.25, -0.2) is 0 Å². The molecule has 0 aliphatic heterocycles. The van der Waals surface area contributed by atoms with E-state index in [9.17, 15) is 18.3 Å². The summed E-state index contributed by atoms with van der Waals surface area (Å²) in [6, 6.07) is 6.75. The van der Waals surface area contributed by atoms with Crippen LogP contribution in [0.1, 0.15) is 0 Å². The van der Waals surface area contributed by atoms with Gasteiger partial charge in [0.25, 0.3) is 0 Å². The summed E-state index contributed by atoms with van der Waals surface area (Å²) in [5.74, 6) is 0.537. The highest BCUT2D eigenvalue weighted by atomic mass is 35.5. The number of nitrogens with one attached hydrogen (secondary N) is 1. The van der Waals surface area contributed by atoms with Crippen molar-refractivity contribution in [3.63, 3.8) is 0 Å². The van der Waals surface area contributed by atoms with Crippen LogP contribution in [0.4, 0.5) is 13.2 Å². The van der Waals surface area contributed by atoms with Crippen LogP contribution in [0.3, 0.4) is 0 Å². The first-order valence-corrected chi connectivity index (χ1v) is 6.66. The molecule has 0 spiro atoms. The van der Waals surface area contributed by atoms with Crippen molar-refractivity contribution < 1.29 is 27.8 Å². The summed E-state index contributed by atoms with van der Waals surface area (Å²) in [6.07, 6.45) is -5.10. The third-order valence-electron chi connectivity index (χ3n) is 2.31. The zero-order valence-corrected chi connectivity index (χ0v) is 12.0. The summed E-state index contributed by atoms with van der Waals surface area (Å²) in [5.41, 5.74) is 0. The maximum Gasteiger partial charge on any atom is 0.411 e. The van der Waals surface area contributed by atoms with Gasteiger partial charge in [0.15, 0.2) is 0 Å². The molecule has 0 fully saturated rings. The Morgan fingerprint density at radius 2 is 2.10 bits per heavy atom. The fourth-order valence-corrected chi connectivity index (χ4v) is 1.59. The van der Waals surface area contributed by atoms with E-state index in [0.717, 1.165) is 0 Å². The second-order valence-corrected chi connectivity index (χ2v) is 4.73. The van der Waals surface area contributed by atoms with Crippen molar-refractivity contribution in [3.05, 3.63) is 29.3 Å². The Hall–Kier alpha value is -1.02. The topological polar surface area (TPSA) is 50.7 Å². The van der Waals surface area contributed by atoms with Crippen LogP contribution in [0.2, 0.25) is 5.02 Å². The van der Waals surface area contributed by atoms with E-state index in [1.807, 2.05) is 0 Å². The molecule has 0 bridgehead atoms. The van der Waals surface area contributed by atoms with E-state index in [2.05, 4.69) is 10.1 Å². The van der Waals surface area contributed by atoms with Crippen LogP contribution in [0, 0.1) is 0 Å². The molecule has 1 unspecified atom stereocenters. The molecule has 1 rings (SSSR count). The molecule has 0 aliphatic rings. The normalized spacial score (nSPS) is 13.2. The molecule has 0 aromatic heterocycles. The number of aliphatic hydroxyl groups is 1. The molecular formula is C13H17ClF3NO3. The molecule has 2 N–H and O–H groups in total. The largest absolute Gasteiger partial charge is 0.491 e. The predicted molar refractivity (Wildman–Crippen MR) is 72.7 cm³/mol. The molecule has 1 aromatic carbocycles. The van der Waals surface area contributed by atoms with Crippen molar-refractivity contribution in [1.29, 1.82) is 0 Å². The van der Waals surface area contributed by atoms with Crippen molar-refractivity contribution in [3.8, 4) is 5.75 Å². The van der Waals surface area contributed by atoms with Crippen LogP contribution < -0.4 is 10.1 Å². The first-order valence-electron chi connectivity index (χ1n) is 6.28. The molecule has 0 heterocycles. The van der Waals surface area contributed by atoms with Gasteiger partial charge in [0.2, 0.25) is 0 Å². The highest BCUT2D eigenvalue weighted by molar-refractivity contribution is 6.30. The molecule has 4 nitrogen and oxygen atoms in total. The zero-order chi connectivity index (χ0) is 15.7. The minimum atomic E-state index is -4.32. The first kappa shape index (κ1) is 18.0. The maximum atomic E-state index is 11.8. The standard InChI is InChI=1S/C13H17ClF3NO3/c14-10-2-1-3-12(6-10)21-8-11(19)7-18-4-5-20-9-13(15,16)17/h1-3,6,11,18-19H,4-5,7-9H2. The van der Waals surface area contributed by atoms with Gasteiger partial charge in [-0.05, 0) is 18.2 Å². The van der Waals surface area contributed by atoms with Crippen LogP contribution in [-0.2, 0) is 4.74 Å². The number of benzene rings is 1. The van der Waals surface area contributed by atoms with E-state index in [1.165, 1.54) is 0 Å². The van der Waals surface area contributed by atoms with Crippen LogP contribution in [0.5, 0.6) is 5.75 Å². The number of hydrogen-bond acceptors (Lipinski definition) is 4. The van der Waals surface area contributed by atoms with E-state index in [0.29, 0.717) is 10.8 Å². The van der Waals surface area contributed by atoms with Gasteiger partial charge in [-0.15, -0.1) is 0 Å². The van der Waals surface area contributed by atoms with E-state index in [-0.39, 0.29) is 26.3 Å². The highest BCUT2D eigenvalue weighted by Crippen LogP contribution is 2.17. The first-order chi connectivity index (χ1) is 9.87. The fourth-order valence-electron chi connectivity index (χ4n) is 1.41. The molecular weight excluding hydrogens is 311 g/mol. The lowest BCUT2D eigenvalue weighted by Gasteiger charge is -2.13. The van der Waals surface area contributed by atoms with Gasteiger partial charge in [-0.2, -0.15) is 13.2 Å².